The largest absolute Gasteiger partial charge is 0.394 e. The number of aliphatic hydroxyl groups is 1. The molecule has 1 aromatic carbocycles. The molecule has 2 rings (SSSR count). The molecule has 4 nitrogen and oxygen atoms in total. The molecule has 1 heterocycles. The monoisotopic (exact) mass is 298 g/mol. The smallest absolute Gasteiger partial charge is 0.0933 e. The SMILES string of the molecule is CCC(N)C(c1ccccc1Cl)N1CCOC(CO)C1. The van der Waals surface area contributed by atoms with Crippen LogP contribution in [0.3, 0.4) is 0 Å². The van der Waals surface area contributed by atoms with Crippen molar-refractivity contribution < 1.29 is 9.84 Å². The molecular formula is C15H23ClN2O2. The van der Waals surface area contributed by atoms with E-state index >= 15 is 0 Å². The quantitative estimate of drug-likeness (QED) is 0.870. The molecule has 3 unspecified atom stereocenters. The molecule has 0 aromatic heterocycles. The van der Waals surface area contributed by atoms with Crippen LogP contribution in [-0.2, 0) is 4.74 Å². The highest BCUT2D eigenvalue weighted by atomic mass is 35.5. The summed E-state index contributed by atoms with van der Waals surface area (Å²) in [5, 5.41) is 10.0. The third-order valence-electron chi connectivity index (χ3n) is 3.87. The highest BCUT2D eigenvalue weighted by molar-refractivity contribution is 6.31. The first-order valence-electron chi connectivity index (χ1n) is 7.13. The van der Waals surface area contributed by atoms with Gasteiger partial charge in [0.1, 0.15) is 0 Å². The summed E-state index contributed by atoms with van der Waals surface area (Å²) < 4.78 is 5.52. The van der Waals surface area contributed by atoms with Gasteiger partial charge in [0.15, 0.2) is 0 Å². The maximum atomic E-state index is 9.30. The van der Waals surface area contributed by atoms with Gasteiger partial charge in [0.2, 0.25) is 0 Å². The van der Waals surface area contributed by atoms with Crippen molar-refractivity contribution in [1.29, 1.82) is 0 Å². The summed E-state index contributed by atoms with van der Waals surface area (Å²) in [6, 6.07) is 7.91. The molecule has 0 saturated carbocycles. The van der Waals surface area contributed by atoms with Crippen LogP contribution in [-0.4, -0.2) is 48.5 Å². The summed E-state index contributed by atoms with van der Waals surface area (Å²) in [6.45, 7) is 4.22. The first kappa shape index (κ1) is 15.7. The predicted molar refractivity (Wildman–Crippen MR) is 80.9 cm³/mol. The number of ether oxygens (including phenoxy) is 1. The van der Waals surface area contributed by atoms with Crippen LogP contribution in [0, 0.1) is 0 Å². The molecule has 5 heteroatoms. The number of morpholine rings is 1. The number of nitrogens with two attached hydrogens (primary N) is 1. The van der Waals surface area contributed by atoms with Gasteiger partial charge in [-0.2, -0.15) is 0 Å². The maximum absolute atomic E-state index is 9.30. The van der Waals surface area contributed by atoms with Crippen molar-refractivity contribution in [1.82, 2.24) is 4.90 Å². The van der Waals surface area contributed by atoms with E-state index in [1.54, 1.807) is 0 Å². The topological polar surface area (TPSA) is 58.7 Å². The lowest BCUT2D eigenvalue weighted by molar-refractivity contribution is -0.0682. The average Bonchev–Trinajstić information content (AvgIpc) is 2.49. The van der Waals surface area contributed by atoms with Gasteiger partial charge < -0.3 is 15.6 Å². The third-order valence-corrected chi connectivity index (χ3v) is 4.21. The summed E-state index contributed by atoms with van der Waals surface area (Å²) >= 11 is 6.35. The zero-order valence-electron chi connectivity index (χ0n) is 11.8. The molecule has 1 aromatic rings. The highest BCUT2D eigenvalue weighted by Gasteiger charge is 2.31. The molecule has 0 aliphatic carbocycles. The molecule has 0 bridgehead atoms. The number of nitrogens with zero attached hydrogens (tertiary/aromatic N) is 1. The van der Waals surface area contributed by atoms with E-state index < -0.39 is 0 Å². The normalized spacial score (nSPS) is 23.5. The van der Waals surface area contributed by atoms with Crippen molar-refractivity contribution in [3.05, 3.63) is 34.9 Å². The van der Waals surface area contributed by atoms with Crippen LogP contribution in [0.2, 0.25) is 5.02 Å². The van der Waals surface area contributed by atoms with Crippen LogP contribution < -0.4 is 5.73 Å². The molecule has 20 heavy (non-hydrogen) atoms. The average molecular weight is 299 g/mol. The van der Waals surface area contributed by atoms with Crippen molar-refractivity contribution >= 4 is 11.6 Å². The first-order valence-corrected chi connectivity index (χ1v) is 7.51. The van der Waals surface area contributed by atoms with Gasteiger partial charge in [-0.25, -0.2) is 0 Å². The third kappa shape index (κ3) is 3.51. The van der Waals surface area contributed by atoms with Crippen molar-refractivity contribution in [2.45, 2.75) is 31.5 Å². The van der Waals surface area contributed by atoms with Crippen molar-refractivity contribution in [2.24, 2.45) is 5.73 Å². The second-order valence-corrected chi connectivity index (χ2v) is 5.62. The molecule has 1 aliphatic heterocycles. The van der Waals surface area contributed by atoms with Gasteiger partial charge in [0.25, 0.3) is 0 Å². The van der Waals surface area contributed by atoms with Gasteiger partial charge in [-0.15, -0.1) is 0 Å². The molecule has 0 amide bonds. The minimum absolute atomic E-state index is 0.00680. The fourth-order valence-electron chi connectivity index (χ4n) is 2.74. The lowest BCUT2D eigenvalue weighted by Gasteiger charge is -2.40. The minimum Gasteiger partial charge on any atom is -0.394 e. The Morgan fingerprint density at radius 3 is 2.90 bits per heavy atom. The van der Waals surface area contributed by atoms with Gasteiger partial charge in [-0.1, -0.05) is 36.7 Å². The van der Waals surface area contributed by atoms with Gasteiger partial charge in [-0.05, 0) is 18.1 Å². The molecular weight excluding hydrogens is 276 g/mol. The van der Waals surface area contributed by atoms with Gasteiger partial charge in [0.05, 0.1) is 25.4 Å². The van der Waals surface area contributed by atoms with Gasteiger partial charge in [0, 0.05) is 24.2 Å². The van der Waals surface area contributed by atoms with E-state index in [9.17, 15) is 5.11 Å². The molecule has 1 fully saturated rings. The zero-order chi connectivity index (χ0) is 14.5. The first-order chi connectivity index (χ1) is 9.67. The molecule has 3 N–H and O–H groups in total. The summed E-state index contributed by atoms with van der Waals surface area (Å²) in [6.07, 6.45) is 0.731. The standard InChI is InChI=1S/C15H23ClN2O2/c1-2-14(17)15(12-5-3-4-6-13(12)16)18-7-8-20-11(9-18)10-19/h3-6,11,14-15,19H,2,7-10,17H2,1H3. The second-order valence-electron chi connectivity index (χ2n) is 5.21. The van der Waals surface area contributed by atoms with Gasteiger partial charge in [-0.3, -0.25) is 4.90 Å². The second kappa shape index (κ2) is 7.38. The molecule has 1 aliphatic rings. The van der Waals surface area contributed by atoms with E-state index in [0.29, 0.717) is 13.2 Å². The van der Waals surface area contributed by atoms with E-state index in [1.165, 1.54) is 0 Å². The summed E-state index contributed by atoms with van der Waals surface area (Å²) in [4.78, 5) is 2.28. The Morgan fingerprint density at radius 1 is 1.50 bits per heavy atom. The number of rotatable bonds is 5. The van der Waals surface area contributed by atoms with Gasteiger partial charge >= 0.3 is 0 Å². The van der Waals surface area contributed by atoms with Crippen LogP contribution >= 0.6 is 11.6 Å². The fourth-order valence-corrected chi connectivity index (χ4v) is 2.99. The Morgan fingerprint density at radius 2 is 2.25 bits per heavy atom. The Bertz CT molecular complexity index is 430. The number of hydrogen-bond donors (Lipinski definition) is 2. The minimum atomic E-state index is -0.141. The van der Waals surface area contributed by atoms with Crippen LogP contribution in [0.1, 0.15) is 24.9 Å². The van der Waals surface area contributed by atoms with E-state index in [2.05, 4.69) is 11.8 Å². The van der Waals surface area contributed by atoms with E-state index in [-0.39, 0.29) is 24.8 Å². The molecule has 0 spiro atoms. The Hall–Kier alpha value is -0.650. The number of halogens is 1. The maximum Gasteiger partial charge on any atom is 0.0933 e. The predicted octanol–water partition coefficient (Wildman–Crippen LogP) is 1.81. The lowest BCUT2D eigenvalue weighted by Crippen LogP contribution is -2.50. The molecule has 112 valence electrons. The molecule has 0 radical (unpaired) electrons. The van der Waals surface area contributed by atoms with E-state index in [1.807, 2.05) is 24.3 Å². The summed E-state index contributed by atoms with van der Waals surface area (Å²) in [7, 11) is 0. The summed E-state index contributed by atoms with van der Waals surface area (Å²) in [5.74, 6) is 0. The van der Waals surface area contributed by atoms with Crippen LogP contribution in [0.25, 0.3) is 0 Å². The van der Waals surface area contributed by atoms with Crippen LogP contribution in [0.4, 0.5) is 0 Å². The van der Waals surface area contributed by atoms with Crippen LogP contribution in [0.5, 0.6) is 0 Å². The zero-order valence-corrected chi connectivity index (χ0v) is 12.6. The Balaban J connectivity index is 2.26. The van der Waals surface area contributed by atoms with Crippen molar-refractivity contribution in [2.75, 3.05) is 26.3 Å². The lowest BCUT2D eigenvalue weighted by atomic mass is 9.95. The number of hydrogen-bond acceptors (Lipinski definition) is 4. The number of benzene rings is 1. The van der Waals surface area contributed by atoms with Crippen LogP contribution in [0.15, 0.2) is 24.3 Å². The Kier molecular flexibility index (Phi) is 5.81. The summed E-state index contributed by atoms with van der Waals surface area (Å²) in [5.41, 5.74) is 7.39. The molecule has 3 atom stereocenters. The van der Waals surface area contributed by atoms with E-state index in [0.717, 1.165) is 23.6 Å². The van der Waals surface area contributed by atoms with Crippen molar-refractivity contribution in [3.8, 4) is 0 Å². The number of aliphatic hydroxyl groups excluding tert-OH is 1. The fraction of sp³-hybridized carbons (Fsp3) is 0.600. The van der Waals surface area contributed by atoms with E-state index in [4.69, 9.17) is 22.1 Å². The molecule has 1 saturated heterocycles. The van der Waals surface area contributed by atoms with Crippen molar-refractivity contribution in [3.63, 3.8) is 0 Å². The highest BCUT2D eigenvalue weighted by Crippen LogP contribution is 2.31. The Labute approximate surface area is 125 Å².